The first-order valence-electron chi connectivity index (χ1n) is 7.24. The van der Waals surface area contributed by atoms with Crippen LogP contribution in [0.15, 0.2) is 47.4 Å². The lowest BCUT2D eigenvalue weighted by atomic mass is 10.2. The average Bonchev–Trinajstić information content (AvgIpc) is 3.32. The zero-order valence-electron chi connectivity index (χ0n) is 12.4. The van der Waals surface area contributed by atoms with Gasteiger partial charge in [-0.3, -0.25) is 4.79 Å². The van der Waals surface area contributed by atoms with E-state index in [1.54, 1.807) is 12.1 Å². The van der Waals surface area contributed by atoms with E-state index < -0.39 is 21.7 Å². The molecule has 0 aromatic heterocycles. The van der Waals surface area contributed by atoms with Crippen molar-refractivity contribution in [3.05, 3.63) is 58.9 Å². The summed E-state index contributed by atoms with van der Waals surface area (Å²) in [4.78, 5) is 11.9. The minimum absolute atomic E-state index is 0.0692. The van der Waals surface area contributed by atoms with Gasteiger partial charge >= 0.3 is 0 Å². The van der Waals surface area contributed by atoms with Crippen LogP contribution < -0.4 is 10.0 Å². The largest absolute Gasteiger partial charge is 0.319 e. The number of carbonyl (C=O) groups is 1. The Bertz CT molecular complexity index is 898. The van der Waals surface area contributed by atoms with Crippen molar-refractivity contribution in [2.75, 3.05) is 5.32 Å². The molecule has 1 amide bonds. The Kier molecular flexibility index (Phi) is 4.58. The van der Waals surface area contributed by atoms with Crippen LogP contribution in [0.3, 0.4) is 0 Å². The molecule has 8 heteroatoms. The molecule has 3 rings (SSSR count). The van der Waals surface area contributed by atoms with Crippen molar-refractivity contribution in [3.8, 4) is 0 Å². The first kappa shape index (κ1) is 16.9. The van der Waals surface area contributed by atoms with Crippen molar-refractivity contribution in [1.29, 1.82) is 0 Å². The van der Waals surface area contributed by atoms with Gasteiger partial charge < -0.3 is 5.32 Å². The smallest absolute Gasteiger partial charge is 0.255 e. The lowest BCUT2D eigenvalue weighted by molar-refractivity contribution is 0.102. The summed E-state index contributed by atoms with van der Waals surface area (Å²) in [6.07, 6.45) is 1.57. The van der Waals surface area contributed by atoms with Gasteiger partial charge in [-0.15, -0.1) is 0 Å². The summed E-state index contributed by atoms with van der Waals surface area (Å²) in [6.45, 7) is 0. The topological polar surface area (TPSA) is 75.3 Å². The fraction of sp³-hybridized carbons (Fsp3) is 0.188. The Balaban J connectivity index is 1.78. The number of carbonyl (C=O) groups excluding carboxylic acids is 1. The number of hydrogen-bond donors (Lipinski definition) is 2. The maximum absolute atomic E-state index is 14.2. The molecule has 5 nitrogen and oxygen atoms in total. The third-order valence-electron chi connectivity index (χ3n) is 3.49. The van der Waals surface area contributed by atoms with E-state index >= 15 is 0 Å². The second-order valence-corrected chi connectivity index (χ2v) is 7.65. The Morgan fingerprint density at radius 3 is 2.54 bits per heavy atom. The number of halogens is 2. The number of hydrogen-bond acceptors (Lipinski definition) is 3. The van der Waals surface area contributed by atoms with Crippen LogP contribution >= 0.6 is 11.6 Å². The molecule has 0 aliphatic heterocycles. The zero-order valence-corrected chi connectivity index (χ0v) is 14.0. The van der Waals surface area contributed by atoms with Crippen LogP contribution in [-0.4, -0.2) is 20.4 Å². The number of benzene rings is 2. The quantitative estimate of drug-likeness (QED) is 0.851. The predicted molar refractivity (Wildman–Crippen MR) is 89.1 cm³/mol. The average molecular weight is 369 g/mol. The molecule has 0 unspecified atom stereocenters. The van der Waals surface area contributed by atoms with Crippen molar-refractivity contribution < 1.29 is 17.6 Å². The highest BCUT2D eigenvalue weighted by Crippen LogP contribution is 2.24. The second kappa shape index (κ2) is 6.51. The Morgan fingerprint density at radius 2 is 1.92 bits per heavy atom. The molecule has 0 heterocycles. The SMILES string of the molecule is O=C(Nc1ccc(S(=O)(=O)NC2CC2)cc1F)c1cccc(Cl)c1. The standard InChI is InChI=1S/C16H14ClFN2O3S/c17-11-3-1-2-10(8-11)16(21)19-15-7-6-13(9-14(15)18)24(22,23)20-12-4-5-12/h1-3,6-9,12,20H,4-5H2,(H,19,21). The molecule has 126 valence electrons. The van der Waals surface area contributed by atoms with Gasteiger partial charge in [0.2, 0.25) is 10.0 Å². The van der Waals surface area contributed by atoms with Crippen LogP contribution in [0.2, 0.25) is 5.02 Å². The van der Waals surface area contributed by atoms with Gasteiger partial charge in [0, 0.05) is 16.6 Å². The van der Waals surface area contributed by atoms with Gasteiger partial charge in [-0.1, -0.05) is 17.7 Å². The molecule has 1 aliphatic carbocycles. The van der Waals surface area contributed by atoms with Crippen molar-refractivity contribution in [2.24, 2.45) is 0 Å². The molecule has 0 radical (unpaired) electrons. The molecule has 1 fully saturated rings. The van der Waals surface area contributed by atoms with Gasteiger partial charge in [-0.25, -0.2) is 17.5 Å². The number of amides is 1. The van der Waals surface area contributed by atoms with Gasteiger partial charge in [0.1, 0.15) is 5.82 Å². The van der Waals surface area contributed by atoms with Crippen molar-refractivity contribution in [3.63, 3.8) is 0 Å². The summed E-state index contributed by atoms with van der Waals surface area (Å²) >= 11 is 5.81. The van der Waals surface area contributed by atoms with Crippen LogP contribution in [0.5, 0.6) is 0 Å². The molecular weight excluding hydrogens is 355 g/mol. The van der Waals surface area contributed by atoms with E-state index in [0.717, 1.165) is 18.9 Å². The van der Waals surface area contributed by atoms with E-state index in [1.165, 1.54) is 24.3 Å². The molecule has 0 saturated heterocycles. The van der Waals surface area contributed by atoms with E-state index in [9.17, 15) is 17.6 Å². The number of anilines is 1. The summed E-state index contributed by atoms with van der Waals surface area (Å²) in [5.41, 5.74) is 0.166. The number of sulfonamides is 1. The first-order valence-corrected chi connectivity index (χ1v) is 9.10. The molecule has 1 saturated carbocycles. The lowest BCUT2D eigenvalue weighted by Gasteiger charge is -2.09. The molecule has 0 bridgehead atoms. The van der Waals surface area contributed by atoms with Crippen LogP contribution in [0.4, 0.5) is 10.1 Å². The molecule has 0 spiro atoms. The fourth-order valence-corrected chi connectivity index (χ4v) is 3.58. The van der Waals surface area contributed by atoms with Crippen molar-refractivity contribution in [2.45, 2.75) is 23.8 Å². The van der Waals surface area contributed by atoms with Gasteiger partial charge in [-0.2, -0.15) is 0 Å². The summed E-state index contributed by atoms with van der Waals surface area (Å²) in [7, 11) is -3.74. The second-order valence-electron chi connectivity index (χ2n) is 5.50. The van der Waals surface area contributed by atoms with Crippen molar-refractivity contribution >= 4 is 33.2 Å². The van der Waals surface area contributed by atoms with E-state index in [4.69, 9.17) is 11.6 Å². The fourth-order valence-electron chi connectivity index (χ4n) is 2.08. The van der Waals surface area contributed by atoms with E-state index in [2.05, 4.69) is 10.0 Å². The highest BCUT2D eigenvalue weighted by atomic mass is 35.5. The van der Waals surface area contributed by atoms with Gasteiger partial charge in [-0.05, 0) is 49.2 Å². The maximum Gasteiger partial charge on any atom is 0.255 e. The summed E-state index contributed by atoms with van der Waals surface area (Å²) < 4.78 is 40.7. The molecule has 2 aromatic rings. The molecule has 2 aromatic carbocycles. The van der Waals surface area contributed by atoms with Gasteiger partial charge in [0.25, 0.3) is 5.91 Å². The maximum atomic E-state index is 14.2. The zero-order chi connectivity index (χ0) is 17.3. The molecule has 24 heavy (non-hydrogen) atoms. The Labute approximate surface area is 143 Å². The predicted octanol–water partition coefficient (Wildman–Crippen LogP) is 3.17. The molecule has 2 N–H and O–H groups in total. The minimum Gasteiger partial charge on any atom is -0.319 e. The molecule has 1 aliphatic rings. The third-order valence-corrected chi connectivity index (χ3v) is 5.24. The van der Waals surface area contributed by atoms with Crippen LogP contribution in [0.1, 0.15) is 23.2 Å². The number of nitrogens with one attached hydrogen (secondary N) is 2. The van der Waals surface area contributed by atoms with E-state index in [1.807, 2.05) is 0 Å². The lowest BCUT2D eigenvalue weighted by Crippen LogP contribution is -2.25. The highest BCUT2D eigenvalue weighted by molar-refractivity contribution is 7.89. The summed E-state index contributed by atoms with van der Waals surface area (Å²) in [6, 6.07) is 9.50. The van der Waals surface area contributed by atoms with E-state index in [-0.39, 0.29) is 22.2 Å². The molecular formula is C16H14ClFN2O3S. The van der Waals surface area contributed by atoms with Crippen molar-refractivity contribution in [1.82, 2.24) is 4.72 Å². The Morgan fingerprint density at radius 1 is 1.17 bits per heavy atom. The van der Waals surface area contributed by atoms with E-state index in [0.29, 0.717) is 5.02 Å². The normalized spacial score (nSPS) is 14.4. The van der Waals surface area contributed by atoms with Crippen LogP contribution in [0, 0.1) is 5.82 Å². The van der Waals surface area contributed by atoms with Gasteiger partial charge in [0.05, 0.1) is 10.6 Å². The summed E-state index contributed by atoms with van der Waals surface area (Å²) in [5, 5.41) is 2.78. The van der Waals surface area contributed by atoms with Gasteiger partial charge in [0.15, 0.2) is 0 Å². The Hall–Kier alpha value is -1.96. The van der Waals surface area contributed by atoms with Crippen LogP contribution in [-0.2, 0) is 10.0 Å². The number of rotatable bonds is 5. The molecule has 0 atom stereocenters. The first-order chi connectivity index (χ1) is 11.3. The highest BCUT2D eigenvalue weighted by Gasteiger charge is 2.28. The summed E-state index contributed by atoms with van der Waals surface area (Å²) in [5.74, 6) is -1.37. The monoisotopic (exact) mass is 368 g/mol. The third kappa shape index (κ3) is 3.92. The van der Waals surface area contributed by atoms with Crippen LogP contribution in [0.25, 0.3) is 0 Å². The minimum atomic E-state index is -3.74.